The number of piperazine rings is 1. The van der Waals surface area contributed by atoms with Gasteiger partial charge in [-0.25, -0.2) is 9.37 Å². The van der Waals surface area contributed by atoms with Gasteiger partial charge in [0.25, 0.3) is 11.8 Å². The third kappa shape index (κ3) is 4.86. The molecule has 37 heavy (non-hydrogen) atoms. The van der Waals surface area contributed by atoms with E-state index < -0.39 is 11.9 Å². The molecule has 0 saturated carbocycles. The number of hydrogen-bond donors (Lipinski definition) is 2. The fraction of sp³-hybridized carbons (Fsp3) is 0.321. The van der Waals surface area contributed by atoms with Crippen molar-refractivity contribution < 1.29 is 18.7 Å². The summed E-state index contributed by atoms with van der Waals surface area (Å²) in [6.07, 6.45) is 1.88. The number of carbonyl (C=O) groups is 2. The molecule has 2 aliphatic heterocycles. The first-order valence-corrected chi connectivity index (χ1v) is 12.4. The molecule has 2 aromatic carbocycles. The molecule has 1 saturated heterocycles. The van der Waals surface area contributed by atoms with Crippen LogP contribution in [0.25, 0.3) is 22.3 Å². The Morgan fingerprint density at radius 2 is 1.78 bits per heavy atom. The number of methoxy groups -OCH3 is 1. The van der Waals surface area contributed by atoms with Gasteiger partial charge in [-0.15, -0.1) is 0 Å². The maximum absolute atomic E-state index is 15.1. The summed E-state index contributed by atoms with van der Waals surface area (Å²) in [6, 6.07) is 12.9. The van der Waals surface area contributed by atoms with E-state index in [1.54, 1.807) is 26.3 Å². The van der Waals surface area contributed by atoms with Crippen LogP contribution in [-0.4, -0.2) is 67.6 Å². The van der Waals surface area contributed by atoms with Crippen molar-refractivity contribution in [1.82, 2.24) is 15.2 Å². The molecule has 1 unspecified atom stereocenters. The zero-order valence-electron chi connectivity index (χ0n) is 21.0. The van der Waals surface area contributed by atoms with Gasteiger partial charge in [-0.05, 0) is 54.8 Å². The minimum absolute atomic E-state index is 0.0165. The highest BCUT2D eigenvalue weighted by Gasteiger charge is 2.25. The molecule has 192 valence electrons. The Balaban J connectivity index is 1.35. The van der Waals surface area contributed by atoms with Crippen molar-refractivity contribution >= 4 is 23.3 Å². The lowest BCUT2D eigenvalue weighted by atomic mass is 9.93. The van der Waals surface area contributed by atoms with E-state index in [0.29, 0.717) is 42.7 Å². The molecule has 0 spiro atoms. The Bertz CT molecular complexity index is 1340. The van der Waals surface area contributed by atoms with Gasteiger partial charge < -0.3 is 25.6 Å². The predicted molar refractivity (Wildman–Crippen MR) is 141 cm³/mol. The molecule has 1 atom stereocenters. The molecule has 9 heteroatoms. The number of anilines is 2. The zero-order chi connectivity index (χ0) is 26.1. The number of aromatic nitrogens is 1. The lowest BCUT2D eigenvalue weighted by Gasteiger charge is -2.37. The summed E-state index contributed by atoms with van der Waals surface area (Å²) >= 11 is 0. The second-order valence-electron chi connectivity index (χ2n) is 9.39. The highest BCUT2D eigenvalue weighted by molar-refractivity contribution is 5.97. The monoisotopic (exact) mass is 503 g/mol. The Kier molecular flexibility index (Phi) is 6.80. The minimum Gasteiger partial charge on any atom is -0.383 e. The Hall–Kier alpha value is -3.98. The maximum Gasteiger partial charge on any atom is 0.251 e. The first kappa shape index (κ1) is 24.7. The van der Waals surface area contributed by atoms with Crippen LogP contribution < -0.4 is 16.0 Å². The number of nitrogen functional groups attached to an aromatic ring is 1. The molecule has 2 amide bonds. The van der Waals surface area contributed by atoms with E-state index in [9.17, 15) is 9.59 Å². The summed E-state index contributed by atoms with van der Waals surface area (Å²) in [6.45, 7) is 5.06. The third-order valence-electron chi connectivity index (χ3n) is 7.18. The highest BCUT2D eigenvalue weighted by atomic mass is 19.1. The summed E-state index contributed by atoms with van der Waals surface area (Å²) in [5, 5.41) is 2.74. The molecule has 2 aliphatic rings. The third-order valence-corrected chi connectivity index (χ3v) is 7.18. The van der Waals surface area contributed by atoms with Crippen LogP contribution >= 0.6 is 0 Å². The summed E-state index contributed by atoms with van der Waals surface area (Å²) in [7, 11) is 1.54. The van der Waals surface area contributed by atoms with E-state index in [1.165, 1.54) is 6.07 Å². The quantitative estimate of drug-likeness (QED) is 0.555. The molecule has 3 aromatic rings. The Morgan fingerprint density at radius 1 is 1.05 bits per heavy atom. The number of amides is 2. The van der Waals surface area contributed by atoms with Gasteiger partial charge in [0.2, 0.25) is 0 Å². The number of benzene rings is 2. The van der Waals surface area contributed by atoms with Crippen molar-refractivity contribution in [2.24, 2.45) is 0 Å². The fourth-order valence-corrected chi connectivity index (χ4v) is 4.91. The van der Waals surface area contributed by atoms with Gasteiger partial charge in [-0.2, -0.15) is 0 Å². The average Bonchev–Trinajstić information content (AvgIpc) is 2.93. The van der Waals surface area contributed by atoms with Crippen LogP contribution in [0.5, 0.6) is 0 Å². The summed E-state index contributed by atoms with van der Waals surface area (Å²) in [4.78, 5) is 32.9. The van der Waals surface area contributed by atoms with Crippen LogP contribution in [0.3, 0.4) is 0 Å². The van der Waals surface area contributed by atoms with Gasteiger partial charge in [-0.1, -0.05) is 12.1 Å². The maximum atomic E-state index is 15.1. The number of nitrogens with one attached hydrogen (secondary N) is 1. The van der Waals surface area contributed by atoms with Crippen molar-refractivity contribution in [2.75, 3.05) is 50.5 Å². The molecular formula is C28H30FN5O3. The number of pyridine rings is 1. The molecule has 0 radical (unpaired) electrons. The molecule has 0 aliphatic carbocycles. The van der Waals surface area contributed by atoms with Crippen molar-refractivity contribution in [1.29, 1.82) is 0 Å². The van der Waals surface area contributed by atoms with Crippen molar-refractivity contribution in [3.05, 3.63) is 65.6 Å². The molecule has 3 heterocycles. The number of carbonyl (C=O) groups excluding carboxylic acids is 2. The molecule has 8 nitrogen and oxygen atoms in total. The lowest BCUT2D eigenvalue weighted by Crippen LogP contribution is -2.51. The number of nitrogens with zero attached hydrogens (tertiary/aromatic N) is 3. The molecule has 5 rings (SSSR count). The first-order valence-electron chi connectivity index (χ1n) is 12.4. The smallest absolute Gasteiger partial charge is 0.251 e. The van der Waals surface area contributed by atoms with Gasteiger partial charge in [-0.3, -0.25) is 9.59 Å². The van der Waals surface area contributed by atoms with Crippen LogP contribution in [0.15, 0.2) is 48.7 Å². The van der Waals surface area contributed by atoms with E-state index in [1.807, 2.05) is 35.2 Å². The van der Waals surface area contributed by atoms with E-state index >= 15 is 4.39 Å². The molecule has 0 bridgehead atoms. The van der Waals surface area contributed by atoms with E-state index in [4.69, 9.17) is 10.5 Å². The van der Waals surface area contributed by atoms with Crippen LogP contribution in [0.2, 0.25) is 0 Å². The zero-order valence-corrected chi connectivity index (χ0v) is 21.0. The van der Waals surface area contributed by atoms with Crippen LogP contribution in [0, 0.1) is 5.82 Å². The van der Waals surface area contributed by atoms with Crippen LogP contribution in [0.4, 0.5) is 15.9 Å². The largest absolute Gasteiger partial charge is 0.383 e. The SMILES string of the molecule is COC(C)C(=O)N1CCN(c2ccc(-c3cnc(N)c(-c4cc5c(cc4F)C(=O)NCC5)c3)cc2)CC1. The van der Waals surface area contributed by atoms with Crippen molar-refractivity contribution in [2.45, 2.75) is 19.4 Å². The Labute approximate surface area is 215 Å². The van der Waals surface area contributed by atoms with E-state index in [2.05, 4.69) is 15.2 Å². The van der Waals surface area contributed by atoms with E-state index in [0.717, 1.165) is 35.5 Å². The van der Waals surface area contributed by atoms with Gasteiger partial charge in [0.1, 0.15) is 17.7 Å². The standard InChI is InChI=1S/C28H30FN5O3/c1-17(37-2)28(36)34-11-9-33(10-12-34)21-5-3-18(4-6-21)20-14-24(26(30)32-16-20)23-13-19-7-8-31-27(35)22(19)15-25(23)29/h3-6,13-17H,7-12H2,1-2H3,(H2,30,32)(H,31,35). The summed E-state index contributed by atoms with van der Waals surface area (Å²) < 4.78 is 20.2. The number of halogens is 1. The highest BCUT2D eigenvalue weighted by Crippen LogP contribution is 2.34. The summed E-state index contributed by atoms with van der Waals surface area (Å²) in [5.41, 5.74) is 11.0. The van der Waals surface area contributed by atoms with Gasteiger partial charge in [0.05, 0.1) is 0 Å². The molecule has 3 N–H and O–H groups in total. The normalized spacial score (nSPS) is 16.2. The van der Waals surface area contributed by atoms with Crippen molar-refractivity contribution in [3.8, 4) is 22.3 Å². The average molecular weight is 504 g/mol. The number of hydrogen-bond acceptors (Lipinski definition) is 6. The van der Waals surface area contributed by atoms with Gasteiger partial charge >= 0.3 is 0 Å². The summed E-state index contributed by atoms with van der Waals surface area (Å²) in [5.74, 6) is -0.518. The van der Waals surface area contributed by atoms with Gasteiger partial charge in [0, 0.05) is 74.0 Å². The second-order valence-corrected chi connectivity index (χ2v) is 9.39. The number of nitrogens with two attached hydrogens (primary N) is 1. The van der Waals surface area contributed by atoms with Crippen LogP contribution in [-0.2, 0) is 16.0 Å². The predicted octanol–water partition coefficient (Wildman–Crippen LogP) is 3.11. The van der Waals surface area contributed by atoms with Gasteiger partial charge in [0.15, 0.2) is 0 Å². The van der Waals surface area contributed by atoms with E-state index in [-0.39, 0.29) is 17.6 Å². The number of fused-ring (bicyclic) bond motifs is 1. The number of ether oxygens (including phenoxy) is 1. The Morgan fingerprint density at radius 3 is 2.49 bits per heavy atom. The fourth-order valence-electron chi connectivity index (χ4n) is 4.91. The minimum atomic E-state index is -0.505. The van der Waals surface area contributed by atoms with Crippen LogP contribution in [0.1, 0.15) is 22.8 Å². The molecular weight excluding hydrogens is 473 g/mol. The molecule has 1 fully saturated rings. The number of rotatable bonds is 5. The second kappa shape index (κ2) is 10.2. The van der Waals surface area contributed by atoms with Crippen molar-refractivity contribution in [3.63, 3.8) is 0 Å². The lowest BCUT2D eigenvalue weighted by molar-refractivity contribution is -0.141. The topological polar surface area (TPSA) is 101 Å². The molecule has 1 aromatic heterocycles. The first-order chi connectivity index (χ1) is 17.9.